The van der Waals surface area contributed by atoms with Crippen molar-refractivity contribution in [2.75, 3.05) is 5.73 Å². The van der Waals surface area contributed by atoms with Crippen LogP contribution in [0.15, 0.2) is 35.0 Å². The van der Waals surface area contributed by atoms with E-state index in [0.717, 1.165) is 10.9 Å². The largest absolute Gasteiger partial charge is 0.507 e. The normalized spacial score (nSPS) is 11.0. The molecule has 1 aromatic carbocycles. The number of aromatic amines is 1. The maximum atomic E-state index is 9.65. The third-order valence-corrected chi connectivity index (χ3v) is 2.48. The summed E-state index contributed by atoms with van der Waals surface area (Å²) in [5, 5.41) is 14.0. The van der Waals surface area contributed by atoms with Gasteiger partial charge in [0.25, 0.3) is 0 Å². The van der Waals surface area contributed by atoms with E-state index >= 15 is 0 Å². The standard InChI is InChI=1S/C11H9N3O2/c12-7-5-13-16-11(7)9-4-6-8(14-9)2-1-3-10(6)15/h1-5,14-15H,12H2. The summed E-state index contributed by atoms with van der Waals surface area (Å²) in [6.45, 7) is 0. The zero-order chi connectivity index (χ0) is 11.1. The summed E-state index contributed by atoms with van der Waals surface area (Å²) < 4.78 is 5.03. The summed E-state index contributed by atoms with van der Waals surface area (Å²) in [6, 6.07) is 7.04. The predicted molar refractivity (Wildman–Crippen MR) is 59.9 cm³/mol. The fourth-order valence-electron chi connectivity index (χ4n) is 1.71. The van der Waals surface area contributed by atoms with Crippen molar-refractivity contribution in [3.05, 3.63) is 30.5 Å². The molecular weight excluding hydrogens is 206 g/mol. The molecule has 0 unspecified atom stereocenters. The van der Waals surface area contributed by atoms with Gasteiger partial charge < -0.3 is 20.3 Å². The number of benzene rings is 1. The minimum absolute atomic E-state index is 0.220. The van der Waals surface area contributed by atoms with Crippen molar-refractivity contribution in [2.45, 2.75) is 0 Å². The number of H-pyrrole nitrogens is 1. The monoisotopic (exact) mass is 215 g/mol. The topological polar surface area (TPSA) is 88.1 Å². The fraction of sp³-hybridized carbons (Fsp3) is 0. The van der Waals surface area contributed by atoms with Gasteiger partial charge in [0.1, 0.15) is 11.4 Å². The van der Waals surface area contributed by atoms with E-state index in [4.69, 9.17) is 10.3 Å². The highest BCUT2D eigenvalue weighted by Gasteiger charge is 2.12. The van der Waals surface area contributed by atoms with Crippen LogP contribution in [0.5, 0.6) is 5.75 Å². The first kappa shape index (κ1) is 8.84. The fourth-order valence-corrected chi connectivity index (χ4v) is 1.71. The van der Waals surface area contributed by atoms with Crippen LogP contribution in [0.1, 0.15) is 0 Å². The molecule has 5 heteroatoms. The average molecular weight is 215 g/mol. The summed E-state index contributed by atoms with van der Waals surface area (Å²) in [4.78, 5) is 3.11. The van der Waals surface area contributed by atoms with Gasteiger partial charge in [0, 0.05) is 10.9 Å². The second-order valence-corrected chi connectivity index (χ2v) is 3.53. The average Bonchev–Trinajstić information content (AvgIpc) is 2.84. The number of nitrogens with zero attached hydrogens (tertiary/aromatic N) is 1. The quantitative estimate of drug-likeness (QED) is 0.580. The summed E-state index contributed by atoms with van der Waals surface area (Å²) in [5.74, 6) is 0.702. The van der Waals surface area contributed by atoms with Gasteiger partial charge in [-0.3, -0.25) is 0 Å². The maximum Gasteiger partial charge on any atom is 0.205 e. The Hall–Kier alpha value is -2.43. The van der Waals surface area contributed by atoms with E-state index in [1.54, 1.807) is 18.2 Å². The van der Waals surface area contributed by atoms with Crippen LogP contribution in [0, 0.1) is 0 Å². The van der Waals surface area contributed by atoms with E-state index in [9.17, 15) is 5.11 Å². The van der Waals surface area contributed by atoms with Gasteiger partial charge >= 0.3 is 0 Å². The summed E-state index contributed by atoms with van der Waals surface area (Å²) in [7, 11) is 0. The Morgan fingerprint density at radius 1 is 1.38 bits per heavy atom. The molecule has 0 amide bonds. The third kappa shape index (κ3) is 1.15. The maximum absolute atomic E-state index is 9.65. The molecule has 0 bridgehead atoms. The number of phenolic OH excluding ortho intramolecular Hbond substituents is 1. The van der Waals surface area contributed by atoms with E-state index in [2.05, 4.69) is 10.1 Å². The molecule has 4 N–H and O–H groups in total. The van der Waals surface area contributed by atoms with Crippen LogP contribution < -0.4 is 5.73 Å². The number of hydrogen-bond acceptors (Lipinski definition) is 4. The van der Waals surface area contributed by atoms with Crippen LogP contribution in [0.2, 0.25) is 0 Å². The summed E-state index contributed by atoms with van der Waals surface area (Å²) in [6.07, 6.45) is 1.45. The van der Waals surface area contributed by atoms with Crippen molar-refractivity contribution in [3.8, 4) is 17.2 Å². The second kappa shape index (κ2) is 3.03. The lowest BCUT2D eigenvalue weighted by atomic mass is 10.2. The van der Waals surface area contributed by atoms with Crippen molar-refractivity contribution in [1.29, 1.82) is 0 Å². The van der Waals surface area contributed by atoms with Gasteiger partial charge in [0.15, 0.2) is 0 Å². The molecule has 5 nitrogen and oxygen atoms in total. The molecular formula is C11H9N3O2. The van der Waals surface area contributed by atoms with Crippen LogP contribution in [0.3, 0.4) is 0 Å². The Kier molecular flexibility index (Phi) is 1.67. The predicted octanol–water partition coefficient (Wildman–Crippen LogP) is 2.11. The molecule has 0 aliphatic heterocycles. The molecule has 0 radical (unpaired) electrons. The number of phenols is 1. The number of anilines is 1. The van der Waals surface area contributed by atoms with Crippen LogP contribution in [-0.2, 0) is 0 Å². The van der Waals surface area contributed by atoms with E-state index in [1.807, 2.05) is 6.07 Å². The summed E-state index contributed by atoms with van der Waals surface area (Å²) in [5.41, 5.74) is 7.68. The first-order valence-electron chi connectivity index (χ1n) is 4.77. The number of aromatic hydroxyl groups is 1. The van der Waals surface area contributed by atoms with Crippen molar-refractivity contribution < 1.29 is 9.63 Å². The number of fused-ring (bicyclic) bond motifs is 1. The highest BCUT2D eigenvalue weighted by molar-refractivity contribution is 5.91. The van der Waals surface area contributed by atoms with Crippen LogP contribution in [-0.4, -0.2) is 15.2 Å². The van der Waals surface area contributed by atoms with Crippen molar-refractivity contribution in [2.24, 2.45) is 0 Å². The highest BCUT2D eigenvalue weighted by atomic mass is 16.5. The molecule has 0 aliphatic carbocycles. The molecule has 16 heavy (non-hydrogen) atoms. The number of nitrogens with one attached hydrogen (secondary N) is 1. The van der Waals surface area contributed by atoms with Gasteiger partial charge in [0.2, 0.25) is 5.76 Å². The molecule has 2 heterocycles. The number of rotatable bonds is 1. The zero-order valence-corrected chi connectivity index (χ0v) is 8.27. The van der Waals surface area contributed by atoms with Gasteiger partial charge in [-0.05, 0) is 18.2 Å². The number of aromatic nitrogens is 2. The highest BCUT2D eigenvalue weighted by Crippen LogP contribution is 2.31. The first-order valence-corrected chi connectivity index (χ1v) is 4.77. The minimum Gasteiger partial charge on any atom is -0.507 e. The van der Waals surface area contributed by atoms with Crippen molar-refractivity contribution >= 4 is 16.6 Å². The molecule has 3 rings (SSSR count). The van der Waals surface area contributed by atoms with E-state index in [0.29, 0.717) is 17.1 Å². The van der Waals surface area contributed by atoms with E-state index < -0.39 is 0 Å². The number of nitrogen functional groups attached to an aromatic ring is 1. The smallest absolute Gasteiger partial charge is 0.205 e. The Morgan fingerprint density at radius 3 is 2.94 bits per heavy atom. The molecule has 0 atom stereocenters. The lowest BCUT2D eigenvalue weighted by Crippen LogP contribution is -1.83. The number of nitrogens with two attached hydrogens (primary N) is 1. The Bertz CT molecular complexity index is 654. The summed E-state index contributed by atoms with van der Waals surface area (Å²) >= 11 is 0. The number of hydrogen-bond donors (Lipinski definition) is 3. The lowest BCUT2D eigenvalue weighted by molar-refractivity contribution is 0.431. The molecule has 0 aliphatic rings. The van der Waals surface area contributed by atoms with Crippen molar-refractivity contribution in [3.63, 3.8) is 0 Å². The van der Waals surface area contributed by atoms with E-state index in [1.165, 1.54) is 6.20 Å². The van der Waals surface area contributed by atoms with Crippen LogP contribution in [0.4, 0.5) is 5.69 Å². The second-order valence-electron chi connectivity index (χ2n) is 3.53. The molecule has 0 saturated heterocycles. The van der Waals surface area contributed by atoms with E-state index in [-0.39, 0.29) is 5.75 Å². The van der Waals surface area contributed by atoms with Crippen LogP contribution in [0.25, 0.3) is 22.4 Å². The van der Waals surface area contributed by atoms with Gasteiger partial charge in [-0.2, -0.15) is 0 Å². The molecule has 0 spiro atoms. The molecule has 80 valence electrons. The van der Waals surface area contributed by atoms with Gasteiger partial charge in [-0.15, -0.1) is 0 Å². The zero-order valence-electron chi connectivity index (χ0n) is 8.27. The third-order valence-electron chi connectivity index (χ3n) is 2.48. The molecule has 3 aromatic rings. The lowest BCUT2D eigenvalue weighted by Gasteiger charge is -1.91. The van der Waals surface area contributed by atoms with Crippen molar-refractivity contribution in [1.82, 2.24) is 10.1 Å². The van der Waals surface area contributed by atoms with Gasteiger partial charge in [0.05, 0.1) is 11.9 Å². The minimum atomic E-state index is 0.220. The molecule has 2 aromatic heterocycles. The molecule has 0 fully saturated rings. The Balaban J connectivity index is 2.27. The molecule has 0 saturated carbocycles. The SMILES string of the molecule is Nc1cnoc1-c1cc2c(O)cccc2[nH]1. The van der Waals surface area contributed by atoms with Crippen LogP contribution >= 0.6 is 0 Å². The first-order chi connectivity index (χ1) is 7.75. The van der Waals surface area contributed by atoms with Gasteiger partial charge in [-0.1, -0.05) is 11.2 Å². The Labute approximate surface area is 90.5 Å². The Morgan fingerprint density at radius 2 is 2.25 bits per heavy atom. The van der Waals surface area contributed by atoms with Gasteiger partial charge in [-0.25, -0.2) is 0 Å².